The van der Waals surface area contributed by atoms with Crippen LogP contribution in [0.25, 0.3) is 0 Å². The number of hydrogen-bond acceptors (Lipinski definition) is 3. The van der Waals surface area contributed by atoms with Crippen LogP contribution in [0.4, 0.5) is 0 Å². The van der Waals surface area contributed by atoms with Crippen molar-refractivity contribution in [1.82, 2.24) is 5.32 Å². The van der Waals surface area contributed by atoms with Crippen molar-refractivity contribution in [1.29, 1.82) is 0 Å². The summed E-state index contributed by atoms with van der Waals surface area (Å²) in [7, 11) is 0. The predicted octanol–water partition coefficient (Wildman–Crippen LogP) is 2.56. The van der Waals surface area contributed by atoms with Crippen molar-refractivity contribution in [3.05, 3.63) is 15.4 Å². The Morgan fingerprint density at radius 3 is 3.08 bits per heavy atom. The van der Waals surface area contributed by atoms with Crippen LogP contribution < -0.4 is 10.1 Å². The number of halogens is 1. The molecular weight excluding hydrogens is 250 g/mol. The molecule has 1 atom stereocenters. The molecule has 4 heteroatoms. The fourth-order valence-electron chi connectivity index (χ4n) is 1.42. The maximum atomic E-state index is 5.84. The summed E-state index contributed by atoms with van der Waals surface area (Å²) in [4.78, 5) is 1.29. The Hall–Kier alpha value is -0.0600. The van der Waals surface area contributed by atoms with E-state index in [9.17, 15) is 0 Å². The summed E-state index contributed by atoms with van der Waals surface area (Å²) >= 11 is 5.19. The van der Waals surface area contributed by atoms with E-state index < -0.39 is 0 Å². The Morgan fingerprint density at radius 2 is 2.54 bits per heavy atom. The zero-order valence-corrected chi connectivity index (χ0v) is 9.87. The summed E-state index contributed by atoms with van der Waals surface area (Å²) in [6.07, 6.45) is 1.47. The van der Waals surface area contributed by atoms with Crippen molar-refractivity contribution in [2.24, 2.45) is 0 Å². The van der Waals surface area contributed by atoms with Crippen molar-refractivity contribution in [2.75, 3.05) is 13.1 Å². The first-order chi connectivity index (χ1) is 6.25. The highest BCUT2D eigenvalue weighted by Gasteiger charge is 2.18. The van der Waals surface area contributed by atoms with Crippen LogP contribution in [0.15, 0.2) is 10.5 Å². The molecule has 0 aromatic carbocycles. The third-order valence-corrected chi connectivity index (χ3v) is 3.86. The Labute approximate surface area is 90.4 Å². The lowest BCUT2D eigenvalue weighted by atomic mass is 10.3. The lowest BCUT2D eigenvalue weighted by molar-refractivity contribution is 0.229. The molecule has 13 heavy (non-hydrogen) atoms. The molecule has 1 aliphatic rings. The van der Waals surface area contributed by atoms with Crippen LogP contribution in [0.3, 0.4) is 0 Å². The normalized spacial score (nSPS) is 22.2. The maximum absolute atomic E-state index is 5.84. The molecule has 1 fully saturated rings. The molecule has 1 saturated heterocycles. The lowest BCUT2D eigenvalue weighted by Gasteiger charge is -2.10. The van der Waals surface area contributed by atoms with Gasteiger partial charge in [0.25, 0.3) is 0 Å². The van der Waals surface area contributed by atoms with Gasteiger partial charge in [0.05, 0.1) is 4.47 Å². The fourth-order valence-corrected chi connectivity index (χ4v) is 3.06. The maximum Gasteiger partial charge on any atom is 0.188 e. The van der Waals surface area contributed by atoms with Gasteiger partial charge in [-0.1, -0.05) is 0 Å². The van der Waals surface area contributed by atoms with Crippen molar-refractivity contribution < 1.29 is 4.74 Å². The van der Waals surface area contributed by atoms with Gasteiger partial charge in [-0.15, -0.1) is 11.3 Å². The Kier molecular flexibility index (Phi) is 2.91. The van der Waals surface area contributed by atoms with Gasteiger partial charge in [0, 0.05) is 11.4 Å². The average Bonchev–Trinajstić information content (AvgIpc) is 2.63. The van der Waals surface area contributed by atoms with Gasteiger partial charge in [0.2, 0.25) is 0 Å². The number of nitrogens with one attached hydrogen (secondary N) is 1. The average molecular weight is 262 g/mol. The molecule has 0 saturated carbocycles. The lowest BCUT2D eigenvalue weighted by Crippen LogP contribution is -2.19. The monoisotopic (exact) mass is 261 g/mol. The standard InChI is InChI=1S/C9H12BrNOS/c1-6-4-8(10)9(13-6)12-7-2-3-11-5-7/h4,7,11H,2-3,5H2,1H3. The zero-order chi connectivity index (χ0) is 9.26. The highest BCUT2D eigenvalue weighted by atomic mass is 79.9. The van der Waals surface area contributed by atoms with Gasteiger partial charge in [0.15, 0.2) is 5.06 Å². The third-order valence-electron chi connectivity index (χ3n) is 2.07. The van der Waals surface area contributed by atoms with Gasteiger partial charge < -0.3 is 10.1 Å². The van der Waals surface area contributed by atoms with Crippen molar-refractivity contribution >= 4 is 27.3 Å². The molecule has 72 valence electrons. The van der Waals surface area contributed by atoms with Crippen molar-refractivity contribution in [2.45, 2.75) is 19.4 Å². The van der Waals surface area contributed by atoms with Crippen LogP contribution in [-0.2, 0) is 0 Å². The van der Waals surface area contributed by atoms with Crippen molar-refractivity contribution in [3.63, 3.8) is 0 Å². The number of aryl methyl sites for hydroxylation is 1. The molecule has 1 aromatic heterocycles. The molecule has 2 nitrogen and oxygen atoms in total. The first kappa shape index (κ1) is 9.49. The summed E-state index contributed by atoms with van der Waals surface area (Å²) in [5.41, 5.74) is 0. The largest absolute Gasteiger partial charge is 0.478 e. The minimum absolute atomic E-state index is 0.356. The van der Waals surface area contributed by atoms with Crippen LogP contribution in [0.2, 0.25) is 0 Å². The van der Waals surface area contributed by atoms with Crippen LogP contribution >= 0.6 is 27.3 Å². The molecule has 0 bridgehead atoms. The Balaban J connectivity index is 2.03. The van der Waals surface area contributed by atoms with E-state index in [1.54, 1.807) is 11.3 Å². The van der Waals surface area contributed by atoms with E-state index in [-0.39, 0.29) is 0 Å². The number of thiophene rings is 1. The molecule has 0 aliphatic carbocycles. The van der Waals surface area contributed by atoms with Gasteiger partial charge in [0.1, 0.15) is 6.10 Å². The second kappa shape index (κ2) is 3.98. The highest BCUT2D eigenvalue weighted by molar-refractivity contribution is 9.10. The zero-order valence-electron chi connectivity index (χ0n) is 7.47. The molecule has 1 aromatic rings. The first-order valence-corrected chi connectivity index (χ1v) is 6.00. The SMILES string of the molecule is Cc1cc(Br)c(OC2CCNC2)s1. The minimum atomic E-state index is 0.356. The molecule has 0 radical (unpaired) electrons. The summed E-state index contributed by atoms with van der Waals surface area (Å²) in [5.74, 6) is 0. The molecular formula is C9H12BrNOS. The minimum Gasteiger partial charge on any atom is -0.478 e. The molecule has 0 spiro atoms. The second-order valence-corrected chi connectivity index (χ2v) is 5.30. The fraction of sp³-hybridized carbons (Fsp3) is 0.556. The van der Waals surface area contributed by atoms with Gasteiger partial charge in [-0.3, -0.25) is 0 Å². The van der Waals surface area contributed by atoms with E-state index in [0.29, 0.717) is 6.10 Å². The quantitative estimate of drug-likeness (QED) is 0.884. The molecule has 1 aliphatic heterocycles. The van der Waals surface area contributed by atoms with E-state index in [4.69, 9.17) is 4.74 Å². The molecule has 2 heterocycles. The van der Waals surface area contributed by atoms with E-state index in [1.165, 1.54) is 4.88 Å². The first-order valence-electron chi connectivity index (χ1n) is 4.39. The molecule has 1 unspecified atom stereocenters. The summed E-state index contributed by atoms with van der Waals surface area (Å²) in [5, 5.41) is 4.30. The number of rotatable bonds is 2. The van der Waals surface area contributed by atoms with Crippen LogP contribution in [0.5, 0.6) is 5.06 Å². The third kappa shape index (κ3) is 2.24. The van der Waals surface area contributed by atoms with Gasteiger partial charge in [-0.2, -0.15) is 0 Å². The summed E-state index contributed by atoms with van der Waals surface area (Å²) in [6, 6.07) is 2.10. The van der Waals surface area contributed by atoms with E-state index in [0.717, 1.165) is 29.0 Å². The van der Waals surface area contributed by atoms with Gasteiger partial charge >= 0.3 is 0 Å². The van der Waals surface area contributed by atoms with Crippen LogP contribution in [0.1, 0.15) is 11.3 Å². The predicted molar refractivity (Wildman–Crippen MR) is 58.7 cm³/mol. The van der Waals surface area contributed by atoms with Gasteiger partial charge in [-0.05, 0) is 41.9 Å². The van der Waals surface area contributed by atoms with Crippen LogP contribution in [-0.4, -0.2) is 19.2 Å². The topological polar surface area (TPSA) is 21.3 Å². The second-order valence-electron chi connectivity index (χ2n) is 3.23. The number of hydrogen-bond donors (Lipinski definition) is 1. The van der Waals surface area contributed by atoms with E-state index >= 15 is 0 Å². The molecule has 1 N–H and O–H groups in total. The Bertz CT molecular complexity index is 294. The van der Waals surface area contributed by atoms with E-state index in [1.807, 2.05) is 0 Å². The van der Waals surface area contributed by atoms with Gasteiger partial charge in [-0.25, -0.2) is 0 Å². The Morgan fingerprint density at radius 1 is 1.69 bits per heavy atom. The van der Waals surface area contributed by atoms with Crippen molar-refractivity contribution in [3.8, 4) is 5.06 Å². The number of ether oxygens (including phenoxy) is 1. The smallest absolute Gasteiger partial charge is 0.188 e. The highest BCUT2D eigenvalue weighted by Crippen LogP contribution is 2.35. The summed E-state index contributed by atoms with van der Waals surface area (Å²) in [6.45, 7) is 4.14. The van der Waals surface area contributed by atoms with E-state index in [2.05, 4.69) is 34.2 Å². The van der Waals surface area contributed by atoms with Crippen LogP contribution in [0, 0.1) is 6.92 Å². The molecule has 2 rings (SSSR count). The summed E-state index contributed by atoms with van der Waals surface area (Å²) < 4.78 is 6.92. The molecule has 0 amide bonds.